The molecule has 3 rings (SSSR count). The van der Waals surface area contributed by atoms with Crippen LogP contribution in [-0.4, -0.2) is 32.5 Å². The fourth-order valence-corrected chi connectivity index (χ4v) is 5.41. The molecule has 2 aliphatic rings. The second kappa shape index (κ2) is 5.58. The number of rotatable bonds is 4. The number of anilines is 1. The molecule has 1 aromatic rings. The summed E-state index contributed by atoms with van der Waals surface area (Å²) >= 11 is 1.76. The predicted octanol–water partition coefficient (Wildman–Crippen LogP) is 2.22. The summed E-state index contributed by atoms with van der Waals surface area (Å²) < 4.78 is 27.9. The fourth-order valence-electron chi connectivity index (χ4n) is 3.05. The summed E-state index contributed by atoms with van der Waals surface area (Å²) in [5.74, 6) is 0. The van der Waals surface area contributed by atoms with Gasteiger partial charge in [-0.05, 0) is 43.2 Å². The maximum atomic E-state index is 12.5. The molecule has 0 saturated heterocycles. The van der Waals surface area contributed by atoms with Crippen molar-refractivity contribution in [2.45, 2.75) is 41.9 Å². The van der Waals surface area contributed by atoms with Gasteiger partial charge >= 0.3 is 0 Å². The van der Waals surface area contributed by atoms with Crippen LogP contribution in [0.3, 0.4) is 0 Å². The molecule has 2 unspecified atom stereocenters. The first-order valence-corrected chi connectivity index (χ1v) is 9.79. The quantitative estimate of drug-likeness (QED) is 0.895. The number of sulfonamides is 1. The van der Waals surface area contributed by atoms with Gasteiger partial charge in [0.05, 0.1) is 4.90 Å². The van der Waals surface area contributed by atoms with Gasteiger partial charge in [-0.1, -0.05) is 12.5 Å². The van der Waals surface area contributed by atoms with Gasteiger partial charge in [-0.2, -0.15) is 11.8 Å². The van der Waals surface area contributed by atoms with Crippen molar-refractivity contribution in [2.24, 2.45) is 0 Å². The van der Waals surface area contributed by atoms with Crippen LogP contribution in [-0.2, 0) is 16.4 Å². The highest BCUT2D eigenvalue weighted by Gasteiger charge is 2.31. The van der Waals surface area contributed by atoms with Gasteiger partial charge in [0.1, 0.15) is 0 Å². The third-order valence-corrected chi connectivity index (χ3v) is 6.82. The Morgan fingerprint density at radius 2 is 2.20 bits per heavy atom. The van der Waals surface area contributed by atoms with Crippen molar-refractivity contribution in [3.8, 4) is 0 Å². The Morgan fingerprint density at radius 3 is 3.00 bits per heavy atom. The fraction of sp³-hybridized carbons (Fsp3) is 0.571. The van der Waals surface area contributed by atoms with Gasteiger partial charge in [0, 0.05) is 23.5 Å². The summed E-state index contributed by atoms with van der Waals surface area (Å²) in [5.41, 5.74) is 2.16. The van der Waals surface area contributed by atoms with Crippen molar-refractivity contribution in [1.29, 1.82) is 0 Å². The molecule has 1 heterocycles. The molecule has 1 saturated carbocycles. The van der Waals surface area contributed by atoms with Gasteiger partial charge in [-0.3, -0.25) is 0 Å². The Morgan fingerprint density at radius 1 is 1.35 bits per heavy atom. The summed E-state index contributed by atoms with van der Waals surface area (Å²) in [6, 6.07) is 5.46. The lowest BCUT2D eigenvalue weighted by molar-refractivity contribution is 0.555. The minimum atomic E-state index is -3.41. The van der Waals surface area contributed by atoms with Crippen molar-refractivity contribution in [2.75, 3.05) is 18.1 Å². The second-order valence-corrected chi connectivity index (χ2v) is 8.22. The van der Waals surface area contributed by atoms with Crippen molar-refractivity contribution in [3.05, 3.63) is 23.8 Å². The molecule has 1 aromatic carbocycles. The molecular weight excluding hydrogens is 292 g/mol. The van der Waals surface area contributed by atoms with E-state index in [-0.39, 0.29) is 6.04 Å². The first-order valence-electron chi connectivity index (χ1n) is 7.02. The molecule has 0 radical (unpaired) electrons. The van der Waals surface area contributed by atoms with E-state index in [2.05, 4.69) is 16.3 Å². The van der Waals surface area contributed by atoms with Crippen LogP contribution < -0.4 is 10.0 Å². The van der Waals surface area contributed by atoms with E-state index in [0.29, 0.717) is 10.1 Å². The molecule has 20 heavy (non-hydrogen) atoms. The minimum absolute atomic E-state index is 0.0659. The van der Waals surface area contributed by atoms with E-state index in [1.54, 1.807) is 23.9 Å². The van der Waals surface area contributed by atoms with Gasteiger partial charge in [0.15, 0.2) is 0 Å². The van der Waals surface area contributed by atoms with Gasteiger partial charge < -0.3 is 5.32 Å². The number of thioether (sulfide) groups is 1. The smallest absolute Gasteiger partial charge is 0.240 e. The highest BCUT2D eigenvalue weighted by molar-refractivity contribution is 7.99. The first-order chi connectivity index (χ1) is 9.60. The molecule has 4 nitrogen and oxygen atoms in total. The van der Waals surface area contributed by atoms with E-state index in [1.165, 1.54) is 5.56 Å². The van der Waals surface area contributed by atoms with Crippen molar-refractivity contribution >= 4 is 27.5 Å². The highest BCUT2D eigenvalue weighted by atomic mass is 32.2. The molecule has 6 heteroatoms. The number of nitrogens with one attached hydrogen (secondary N) is 2. The van der Waals surface area contributed by atoms with Crippen LogP contribution in [0.5, 0.6) is 0 Å². The molecule has 1 fully saturated rings. The van der Waals surface area contributed by atoms with Crippen molar-refractivity contribution in [3.63, 3.8) is 0 Å². The van der Waals surface area contributed by atoms with Crippen LogP contribution in [0.25, 0.3) is 0 Å². The first kappa shape index (κ1) is 14.2. The standard InChI is InChI=1S/C14H20N2O2S2/c1-19-14-4-2-3-12(14)16-20(17,18)11-6-5-10-7-8-15-13(10)9-11/h5-6,9,12,14-16H,2-4,7-8H2,1H3. The Kier molecular flexibility index (Phi) is 3.97. The summed E-state index contributed by atoms with van der Waals surface area (Å²) in [6.07, 6.45) is 6.16. The van der Waals surface area contributed by atoms with E-state index in [4.69, 9.17) is 0 Å². The molecule has 0 aromatic heterocycles. The van der Waals surface area contributed by atoms with Crippen LogP contribution in [0.4, 0.5) is 5.69 Å². The summed E-state index contributed by atoms with van der Waals surface area (Å²) in [6.45, 7) is 0.892. The number of hydrogen-bond donors (Lipinski definition) is 2. The van der Waals surface area contributed by atoms with Crippen LogP contribution in [0.15, 0.2) is 23.1 Å². The zero-order valence-electron chi connectivity index (χ0n) is 11.6. The summed E-state index contributed by atoms with van der Waals surface area (Å²) in [4.78, 5) is 0.373. The molecular formula is C14H20N2O2S2. The number of hydrogen-bond acceptors (Lipinski definition) is 4. The number of benzene rings is 1. The van der Waals surface area contributed by atoms with E-state index < -0.39 is 10.0 Å². The van der Waals surface area contributed by atoms with Crippen molar-refractivity contribution < 1.29 is 8.42 Å². The molecule has 110 valence electrons. The van der Waals surface area contributed by atoms with Gasteiger partial charge in [-0.15, -0.1) is 0 Å². The van der Waals surface area contributed by atoms with Crippen LogP contribution in [0.1, 0.15) is 24.8 Å². The SMILES string of the molecule is CSC1CCCC1NS(=O)(=O)c1ccc2c(c1)NCC2. The zero-order chi connectivity index (χ0) is 14.2. The normalized spacial score (nSPS) is 25.4. The largest absolute Gasteiger partial charge is 0.384 e. The van der Waals surface area contributed by atoms with E-state index in [1.807, 2.05) is 6.07 Å². The molecule has 2 N–H and O–H groups in total. The Labute approximate surface area is 124 Å². The highest BCUT2D eigenvalue weighted by Crippen LogP contribution is 2.30. The lowest BCUT2D eigenvalue weighted by Gasteiger charge is -2.19. The summed E-state index contributed by atoms with van der Waals surface area (Å²) in [7, 11) is -3.41. The average Bonchev–Trinajstić information content (AvgIpc) is 3.05. The predicted molar refractivity (Wildman–Crippen MR) is 83.9 cm³/mol. The van der Waals surface area contributed by atoms with E-state index >= 15 is 0 Å². The van der Waals surface area contributed by atoms with E-state index in [0.717, 1.165) is 37.9 Å². The molecule has 0 spiro atoms. The molecule has 1 aliphatic carbocycles. The lowest BCUT2D eigenvalue weighted by atomic mass is 10.2. The van der Waals surface area contributed by atoms with Crippen molar-refractivity contribution in [1.82, 2.24) is 4.72 Å². The third-order valence-electron chi connectivity index (χ3n) is 4.16. The van der Waals surface area contributed by atoms with Crippen LogP contribution >= 0.6 is 11.8 Å². The average molecular weight is 312 g/mol. The lowest BCUT2D eigenvalue weighted by Crippen LogP contribution is -2.38. The van der Waals surface area contributed by atoms with Crippen LogP contribution in [0, 0.1) is 0 Å². The number of fused-ring (bicyclic) bond motifs is 1. The monoisotopic (exact) mass is 312 g/mol. The second-order valence-electron chi connectivity index (χ2n) is 5.43. The molecule has 0 amide bonds. The van der Waals surface area contributed by atoms with Gasteiger partial charge in [0.2, 0.25) is 10.0 Å². The zero-order valence-corrected chi connectivity index (χ0v) is 13.2. The Bertz CT molecular complexity index is 601. The van der Waals surface area contributed by atoms with Gasteiger partial charge in [0.25, 0.3) is 0 Å². The summed E-state index contributed by atoms with van der Waals surface area (Å²) in [5, 5.41) is 3.63. The Balaban J connectivity index is 1.81. The molecule has 2 atom stereocenters. The molecule has 0 bridgehead atoms. The van der Waals surface area contributed by atoms with E-state index in [9.17, 15) is 8.42 Å². The Hall–Kier alpha value is -0.720. The third kappa shape index (κ3) is 2.69. The maximum Gasteiger partial charge on any atom is 0.240 e. The van der Waals surface area contributed by atoms with Crippen LogP contribution in [0.2, 0.25) is 0 Å². The molecule has 1 aliphatic heterocycles. The van der Waals surface area contributed by atoms with Gasteiger partial charge in [-0.25, -0.2) is 13.1 Å². The minimum Gasteiger partial charge on any atom is -0.384 e. The maximum absolute atomic E-state index is 12.5. The topological polar surface area (TPSA) is 58.2 Å².